The highest BCUT2D eigenvalue weighted by atomic mass is 35.5. The van der Waals surface area contributed by atoms with Crippen LogP contribution >= 0.6 is 34.8 Å². The number of carbonyl (C=O) groups excluding carboxylic acids is 1. The van der Waals surface area contributed by atoms with Gasteiger partial charge in [0, 0.05) is 5.02 Å². The summed E-state index contributed by atoms with van der Waals surface area (Å²) in [6.07, 6.45) is -0.797. The molecule has 2 aromatic rings. The van der Waals surface area contributed by atoms with Crippen molar-refractivity contribution >= 4 is 46.4 Å². The summed E-state index contributed by atoms with van der Waals surface area (Å²) in [6.45, 7) is 1.60. The van der Waals surface area contributed by atoms with Crippen LogP contribution in [0.4, 0.5) is 5.69 Å². The lowest BCUT2D eigenvalue weighted by atomic mass is 10.2. The van der Waals surface area contributed by atoms with Crippen molar-refractivity contribution in [1.29, 1.82) is 0 Å². The molecule has 0 fully saturated rings. The van der Waals surface area contributed by atoms with E-state index in [9.17, 15) is 4.79 Å². The topological polar surface area (TPSA) is 47.6 Å². The molecular weight excluding hydrogens is 361 g/mol. The normalized spacial score (nSPS) is 11.7. The molecule has 0 saturated heterocycles. The maximum Gasteiger partial charge on any atom is 0.265 e. The molecule has 0 radical (unpaired) electrons. The number of carbonyl (C=O) groups is 1. The zero-order valence-electron chi connectivity index (χ0n) is 12.4. The molecule has 0 aromatic heterocycles. The van der Waals surface area contributed by atoms with Crippen LogP contribution in [0.15, 0.2) is 36.4 Å². The van der Waals surface area contributed by atoms with Gasteiger partial charge in [0.2, 0.25) is 0 Å². The molecule has 4 nitrogen and oxygen atoms in total. The van der Waals surface area contributed by atoms with Crippen molar-refractivity contribution in [3.63, 3.8) is 0 Å². The molecule has 1 unspecified atom stereocenters. The lowest BCUT2D eigenvalue weighted by molar-refractivity contribution is -0.122. The molecule has 0 spiro atoms. The molecule has 23 heavy (non-hydrogen) atoms. The van der Waals surface area contributed by atoms with Crippen molar-refractivity contribution in [3.05, 3.63) is 51.5 Å². The van der Waals surface area contributed by atoms with E-state index in [1.54, 1.807) is 43.3 Å². The summed E-state index contributed by atoms with van der Waals surface area (Å²) in [7, 11) is 1.50. The van der Waals surface area contributed by atoms with Crippen LogP contribution in [-0.4, -0.2) is 19.1 Å². The lowest BCUT2D eigenvalue weighted by Crippen LogP contribution is -2.30. The Morgan fingerprint density at radius 2 is 1.87 bits per heavy atom. The number of rotatable bonds is 5. The summed E-state index contributed by atoms with van der Waals surface area (Å²) in [5.74, 6) is 0.456. The molecule has 0 bridgehead atoms. The first-order chi connectivity index (χ1) is 10.9. The van der Waals surface area contributed by atoms with Gasteiger partial charge >= 0.3 is 0 Å². The van der Waals surface area contributed by atoms with Crippen molar-refractivity contribution in [2.24, 2.45) is 0 Å². The largest absolute Gasteiger partial charge is 0.495 e. The predicted molar refractivity (Wildman–Crippen MR) is 93.2 cm³/mol. The predicted octanol–water partition coefficient (Wildman–Crippen LogP) is 5.06. The molecule has 1 amide bonds. The van der Waals surface area contributed by atoms with Crippen molar-refractivity contribution in [1.82, 2.24) is 0 Å². The molecule has 0 saturated carbocycles. The Kier molecular flexibility index (Phi) is 5.99. The Labute approximate surface area is 149 Å². The molecule has 1 atom stereocenters. The highest BCUT2D eigenvalue weighted by Gasteiger charge is 2.18. The number of methoxy groups -OCH3 is 1. The number of benzene rings is 2. The monoisotopic (exact) mass is 373 g/mol. The van der Waals surface area contributed by atoms with Crippen LogP contribution in [0.2, 0.25) is 15.1 Å². The van der Waals surface area contributed by atoms with Crippen molar-refractivity contribution in [3.8, 4) is 11.5 Å². The van der Waals surface area contributed by atoms with Gasteiger partial charge in [-0.15, -0.1) is 0 Å². The number of anilines is 1. The molecule has 0 aliphatic heterocycles. The Balaban J connectivity index is 2.11. The minimum absolute atomic E-state index is 0.258. The number of hydrogen-bond donors (Lipinski definition) is 1. The van der Waals surface area contributed by atoms with Crippen LogP contribution in [0, 0.1) is 0 Å². The first kappa shape index (κ1) is 17.7. The van der Waals surface area contributed by atoms with E-state index in [-0.39, 0.29) is 10.9 Å². The van der Waals surface area contributed by atoms with Crippen LogP contribution in [0.1, 0.15) is 6.92 Å². The first-order valence-corrected chi connectivity index (χ1v) is 7.81. The smallest absolute Gasteiger partial charge is 0.265 e. The van der Waals surface area contributed by atoms with Gasteiger partial charge in [-0.2, -0.15) is 0 Å². The highest BCUT2D eigenvalue weighted by molar-refractivity contribution is 6.42. The Hall–Kier alpha value is -1.62. The Bertz CT molecular complexity index is 722. The van der Waals surface area contributed by atoms with Crippen molar-refractivity contribution in [2.45, 2.75) is 13.0 Å². The first-order valence-electron chi connectivity index (χ1n) is 6.67. The summed E-state index contributed by atoms with van der Waals surface area (Å²) in [6, 6.07) is 9.89. The average Bonchev–Trinajstić information content (AvgIpc) is 2.52. The minimum Gasteiger partial charge on any atom is -0.495 e. The third kappa shape index (κ3) is 4.44. The second-order valence-corrected chi connectivity index (χ2v) is 5.87. The second kappa shape index (κ2) is 7.77. The minimum atomic E-state index is -0.797. The van der Waals surface area contributed by atoms with E-state index < -0.39 is 6.10 Å². The van der Waals surface area contributed by atoms with E-state index in [1.165, 1.54) is 7.11 Å². The van der Waals surface area contributed by atoms with Crippen molar-refractivity contribution < 1.29 is 14.3 Å². The Morgan fingerprint density at radius 1 is 1.13 bits per heavy atom. The van der Waals surface area contributed by atoms with Gasteiger partial charge in [0.15, 0.2) is 6.10 Å². The average molecular weight is 375 g/mol. The molecular formula is C16H14Cl3NO3. The van der Waals surface area contributed by atoms with Gasteiger partial charge in [0.25, 0.3) is 5.91 Å². The quantitative estimate of drug-likeness (QED) is 0.795. The van der Waals surface area contributed by atoms with Crippen LogP contribution < -0.4 is 14.8 Å². The maximum absolute atomic E-state index is 12.3. The van der Waals surface area contributed by atoms with Gasteiger partial charge in [-0.1, -0.05) is 40.9 Å². The van der Waals surface area contributed by atoms with Gasteiger partial charge in [0.1, 0.15) is 16.5 Å². The molecule has 0 heterocycles. The lowest BCUT2D eigenvalue weighted by Gasteiger charge is -2.17. The molecule has 0 aliphatic rings. The number of halogens is 3. The summed E-state index contributed by atoms with van der Waals surface area (Å²) < 4.78 is 10.7. The molecule has 2 aromatic carbocycles. The number of amides is 1. The molecule has 122 valence electrons. The third-order valence-corrected chi connectivity index (χ3v) is 4.05. The summed E-state index contributed by atoms with van der Waals surface area (Å²) >= 11 is 17.9. The highest BCUT2D eigenvalue weighted by Crippen LogP contribution is 2.32. The zero-order valence-corrected chi connectivity index (χ0v) is 14.7. The molecule has 0 aliphatic carbocycles. The van der Waals surface area contributed by atoms with Crippen LogP contribution in [-0.2, 0) is 4.79 Å². The van der Waals surface area contributed by atoms with E-state index >= 15 is 0 Å². The fraction of sp³-hybridized carbons (Fsp3) is 0.188. The standard InChI is InChI=1S/C16H14Cl3NO3/c1-9(23-14-5-3-4-11(18)15(14)19)16(21)20-12-8-10(17)6-7-13(12)22-2/h3-9H,1-2H3,(H,20,21). The Morgan fingerprint density at radius 3 is 2.57 bits per heavy atom. The van der Waals surface area contributed by atoms with Crippen molar-refractivity contribution in [2.75, 3.05) is 12.4 Å². The molecule has 7 heteroatoms. The SMILES string of the molecule is COc1ccc(Cl)cc1NC(=O)C(C)Oc1cccc(Cl)c1Cl. The second-order valence-electron chi connectivity index (χ2n) is 4.65. The van der Waals surface area contributed by atoms with E-state index in [0.29, 0.717) is 27.2 Å². The van der Waals surface area contributed by atoms with E-state index in [4.69, 9.17) is 44.3 Å². The summed E-state index contributed by atoms with van der Waals surface area (Å²) in [5, 5.41) is 3.80. The van der Waals surface area contributed by atoms with Crippen LogP contribution in [0.25, 0.3) is 0 Å². The fourth-order valence-corrected chi connectivity index (χ4v) is 2.34. The number of ether oxygens (including phenoxy) is 2. The molecule has 1 N–H and O–H groups in total. The van der Waals surface area contributed by atoms with Gasteiger partial charge in [-0.25, -0.2) is 0 Å². The van der Waals surface area contributed by atoms with Gasteiger partial charge in [-0.05, 0) is 37.3 Å². The van der Waals surface area contributed by atoms with Gasteiger partial charge in [-0.3, -0.25) is 4.79 Å². The van der Waals surface area contributed by atoms with Gasteiger partial charge < -0.3 is 14.8 Å². The fourth-order valence-electron chi connectivity index (χ4n) is 1.83. The van der Waals surface area contributed by atoms with Gasteiger partial charge in [0.05, 0.1) is 17.8 Å². The number of nitrogens with one attached hydrogen (secondary N) is 1. The maximum atomic E-state index is 12.3. The van der Waals surface area contributed by atoms with E-state index in [0.717, 1.165) is 0 Å². The zero-order chi connectivity index (χ0) is 17.0. The van der Waals surface area contributed by atoms with Crippen LogP contribution in [0.3, 0.4) is 0 Å². The summed E-state index contributed by atoms with van der Waals surface area (Å²) in [4.78, 5) is 12.3. The third-order valence-electron chi connectivity index (χ3n) is 3.01. The van der Waals surface area contributed by atoms with Crippen LogP contribution in [0.5, 0.6) is 11.5 Å². The molecule has 2 rings (SSSR count). The van der Waals surface area contributed by atoms with E-state index in [1.807, 2.05) is 0 Å². The number of hydrogen-bond acceptors (Lipinski definition) is 3. The summed E-state index contributed by atoms with van der Waals surface area (Å²) in [5.41, 5.74) is 0.456. The van der Waals surface area contributed by atoms with E-state index in [2.05, 4.69) is 5.32 Å².